The van der Waals surface area contributed by atoms with Gasteiger partial charge in [-0.1, -0.05) is 0 Å². The Morgan fingerprint density at radius 3 is 2.38 bits per heavy atom. The largest absolute Gasteiger partial charge is 0.366 e. The Balaban J connectivity index is 1.71. The third-order valence-electron chi connectivity index (χ3n) is 4.48. The molecule has 0 bridgehead atoms. The molecule has 1 aromatic carbocycles. The number of hydrogen-bond donors (Lipinski definition) is 1. The second kappa shape index (κ2) is 7.43. The number of Topliss-reactive ketones (excluding diaryl/α,β-unsaturated/α-hetero) is 1. The summed E-state index contributed by atoms with van der Waals surface area (Å²) in [6, 6.07) is 8.33. The Kier molecular flexibility index (Phi) is 5.06. The van der Waals surface area contributed by atoms with Crippen LogP contribution < -0.4 is 5.73 Å². The minimum atomic E-state index is -0.612. The van der Waals surface area contributed by atoms with Gasteiger partial charge in [-0.25, -0.2) is 4.39 Å². The van der Waals surface area contributed by atoms with Crippen molar-refractivity contribution < 1.29 is 18.8 Å². The number of nitrogens with two attached hydrogens (primary N) is 1. The molecule has 1 aliphatic heterocycles. The maximum atomic E-state index is 13.0. The molecule has 2 aromatic rings. The highest BCUT2D eigenvalue weighted by Gasteiger charge is 2.30. The summed E-state index contributed by atoms with van der Waals surface area (Å²) in [5.41, 5.74) is 6.03. The molecular formula is C19H18FN3O3. The average molecular weight is 355 g/mol. The predicted molar refractivity (Wildman–Crippen MR) is 92.1 cm³/mol. The summed E-state index contributed by atoms with van der Waals surface area (Å²) in [4.78, 5) is 41.9. The number of aromatic nitrogens is 1. The summed E-state index contributed by atoms with van der Waals surface area (Å²) in [5, 5.41) is 0. The normalized spacial score (nSPS) is 17.0. The van der Waals surface area contributed by atoms with Crippen molar-refractivity contribution in [1.82, 2.24) is 9.88 Å². The lowest BCUT2D eigenvalue weighted by Crippen LogP contribution is -2.42. The van der Waals surface area contributed by atoms with E-state index >= 15 is 0 Å². The van der Waals surface area contributed by atoms with Crippen molar-refractivity contribution in [3.63, 3.8) is 0 Å². The lowest BCUT2D eigenvalue weighted by Gasteiger charge is -2.31. The van der Waals surface area contributed by atoms with Gasteiger partial charge in [-0.3, -0.25) is 19.4 Å². The molecule has 2 amide bonds. The molecule has 1 aliphatic rings. The van der Waals surface area contributed by atoms with E-state index in [1.54, 1.807) is 4.90 Å². The molecule has 26 heavy (non-hydrogen) atoms. The number of pyridine rings is 1. The summed E-state index contributed by atoms with van der Waals surface area (Å²) in [5.74, 6) is -1.73. The van der Waals surface area contributed by atoms with Crippen LogP contribution in [-0.4, -0.2) is 40.6 Å². The van der Waals surface area contributed by atoms with Gasteiger partial charge in [0.2, 0.25) is 5.91 Å². The number of primary amides is 1. The van der Waals surface area contributed by atoms with Crippen LogP contribution in [0.2, 0.25) is 0 Å². The van der Waals surface area contributed by atoms with Crippen molar-refractivity contribution in [2.45, 2.75) is 12.8 Å². The van der Waals surface area contributed by atoms with Gasteiger partial charge < -0.3 is 10.6 Å². The third kappa shape index (κ3) is 3.77. The van der Waals surface area contributed by atoms with Gasteiger partial charge in [-0.2, -0.15) is 0 Å². The molecular weight excluding hydrogens is 337 g/mol. The van der Waals surface area contributed by atoms with E-state index in [2.05, 4.69) is 4.98 Å². The molecule has 0 radical (unpaired) electrons. The van der Waals surface area contributed by atoms with E-state index in [9.17, 15) is 18.8 Å². The average Bonchev–Trinajstić information content (AvgIpc) is 2.67. The van der Waals surface area contributed by atoms with Crippen molar-refractivity contribution >= 4 is 17.6 Å². The summed E-state index contributed by atoms with van der Waals surface area (Å²) in [7, 11) is 0. The quantitative estimate of drug-likeness (QED) is 0.850. The lowest BCUT2D eigenvalue weighted by atomic mass is 9.90. The molecule has 134 valence electrons. The molecule has 0 saturated carbocycles. The second-order valence-electron chi connectivity index (χ2n) is 6.26. The zero-order valence-electron chi connectivity index (χ0n) is 14.0. The van der Waals surface area contributed by atoms with Crippen LogP contribution in [0.5, 0.6) is 0 Å². The molecule has 0 spiro atoms. The van der Waals surface area contributed by atoms with Crippen LogP contribution in [0.1, 0.15) is 44.0 Å². The van der Waals surface area contributed by atoms with Crippen LogP contribution in [0.4, 0.5) is 4.39 Å². The maximum Gasteiger partial charge on any atom is 0.272 e. The van der Waals surface area contributed by atoms with Gasteiger partial charge in [0, 0.05) is 30.8 Å². The molecule has 6 nitrogen and oxygen atoms in total. The number of carbonyl (C=O) groups is 3. The van der Waals surface area contributed by atoms with Gasteiger partial charge in [0.05, 0.1) is 5.56 Å². The van der Waals surface area contributed by atoms with E-state index in [0.29, 0.717) is 24.9 Å². The number of amides is 2. The first-order chi connectivity index (χ1) is 12.5. The summed E-state index contributed by atoms with van der Waals surface area (Å²) >= 11 is 0. The molecule has 1 unspecified atom stereocenters. The molecule has 0 aliphatic carbocycles. The zero-order valence-corrected chi connectivity index (χ0v) is 14.0. The van der Waals surface area contributed by atoms with Gasteiger partial charge in [-0.15, -0.1) is 0 Å². The number of carbonyl (C=O) groups excluding carboxylic acids is 3. The highest BCUT2D eigenvalue weighted by molar-refractivity contribution is 5.99. The summed E-state index contributed by atoms with van der Waals surface area (Å²) in [6.45, 7) is 0.819. The van der Waals surface area contributed by atoms with E-state index in [-0.39, 0.29) is 35.4 Å². The van der Waals surface area contributed by atoms with Gasteiger partial charge in [-0.05, 0) is 49.2 Å². The number of hydrogen-bond acceptors (Lipinski definition) is 4. The third-order valence-corrected chi connectivity index (χ3v) is 4.48. The van der Waals surface area contributed by atoms with E-state index < -0.39 is 11.7 Å². The molecule has 1 fully saturated rings. The van der Waals surface area contributed by atoms with Crippen molar-refractivity contribution in [2.75, 3.05) is 13.1 Å². The van der Waals surface area contributed by atoms with Crippen molar-refractivity contribution in [2.24, 2.45) is 11.7 Å². The highest BCUT2D eigenvalue weighted by Crippen LogP contribution is 2.22. The molecule has 3 rings (SSSR count). The number of nitrogens with zero attached hydrogens (tertiary/aromatic N) is 2. The smallest absolute Gasteiger partial charge is 0.272 e. The van der Waals surface area contributed by atoms with Crippen LogP contribution in [0.15, 0.2) is 42.6 Å². The van der Waals surface area contributed by atoms with Crippen LogP contribution >= 0.6 is 0 Å². The number of ketones is 1. The van der Waals surface area contributed by atoms with E-state index in [1.165, 1.54) is 42.6 Å². The Morgan fingerprint density at radius 1 is 1.08 bits per heavy atom. The first-order valence-electron chi connectivity index (χ1n) is 8.30. The number of likely N-dealkylation sites (tertiary alicyclic amines) is 1. The summed E-state index contributed by atoms with van der Waals surface area (Å²) in [6.07, 6.45) is 2.64. The predicted octanol–water partition coefficient (Wildman–Crippen LogP) is 2.05. The summed E-state index contributed by atoms with van der Waals surface area (Å²) < 4.78 is 13.0. The fourth-order valence-electron chi connectivity index (χ4n) is 3.05. The first-order valence-corrected chi connectivity index (χ1v) is 8.30. The van der Waals surface area contributed by atoms with Crippen LogP contribution in [-0.2, 0) is 0 Å². The zero-order chi connectivity index (χ0) is 18.7. The van der Waals surface area contributed by atoms with E-state index in [1.807, 2.05) is 0 Å². The Bertz CT molecular complexity index is 834. The number of rotatable bonds is 4. The number of halogens is 1. The maximum absolute atomic E-state index is 13.0. The number of piperidine rings is 1. The lowest BCUT2D eigenvalue weighted by molar-refractivity contribution is 0.0631. The monoisotopic (exact) mass is 355 g/mol. The highest BCUT2D eigenvalue weighted by atomic mass is 19.1. The van der Waals surface area contributed by atoms with Crippen molar-refractivity contribution in [3.05, 3.63) is 65.2 Å². The molecule has 2 N–H and O–H groups in total. The number of benzene rings is 1. The Morgan fingerprint density at radius 2 is 1.77 bits per heavy atom. The van der Waals surface area contributed by atoms with Crippen molar-refractivity contribution in [1.29, 1.82) is 0 Å². The van der Waals surface area contributed by atoms with Crippen LogP contribution in [0, 0.1) is 11.7 Å². The minimum Gasteiger partial charge on any atom is -0.366 e. The fraction of sp³-hybridized carbons (Fsp3) is 0.263. The Hall–Kier alpha value is -3.09. The van der Waals surface area contributed by atoms with Crippen LogP contribution in [0.25, 0.3) is 0 Å². The van der Waals surface area contributed by atoms with Gasteiger partial charge in [0.15, 0.2) is 5.78 Å². The molecule has 1 saturated heterocycles. The first kappa shape index (κ1) is 17.7. The van der Waals surface area contributed by atoms with E-state index in [4.69, 9.17) is 5.73 Å². The fourth-order valence-corrected chi connectivity index (χ4v) is 3.05. The standard InChI is InChI=1S/C19H18FN3O3/c20-15-6-3-12(4-7-15)17(24)14-2-1-9-23(11-14)19(26)16-8-5-13(10-22-16)18(21)25/h3-8,10,14H,1-2,9,11H2,(H2,21,25). The molecule has 2 heterocycles. The molecule has 7 heteroatoms. The van der Waals surface area contributed by atoms with Gasteiger partial charge >= 0.3 is 0 Å². The van der Waals surface area contributed by atoms with E-state index in [0.717, 1.165) is 0 Å². The SMILES string of the molecule is NC(=O)c1ccc(C(=O)N2CCCC(C(=O)c3ccc(F)cc3)C2)nc1. The Labute approximate surface area is 149 Å². The minimum absolute atomic E-state index is 0.0977. The molecule has 1 aromatic heterocycles. The van der Waals surface area contributed by atoms with Crippen molar-refractivity contribution in [3.8, 4) is 0 Å². The van der Waals surface area contributed by atoms with Gasteiger partial charge in [0.25, 0.3) is 5.91 Å². The second-order valence-corrected chi connectivity index (χ2v) is 6.26. The van der Waals surface area contributed by atoms with Crippen LogP contribution in [0.3, 0.4) is 0 Å². The van der Waals surface area contributed by atoms with Gasteiger partial charge in [0.1, 0.15) is 11.5 Å². The molecule has 1 atom stereocenters. The topological polar surface area (TPSA) is 93.4 Å².